The third-order valence-corrected chi connectivity index (χ3v) is 13.0. The molecule has 0 atom stereocenters. The van der Waals surface area contributed by atoms with Crippen molar-refractivity contribution in [3.63, 3.8) is 0 Å². The van der Waals surface area contributed by atoms with E-state index < -0.39 is 0 Å². The number of hydrogen-bond donors (Lipinski definition) is 0. The lowest BCUT2D eigenvalue weighted by Crippen LogP contribution is -2.01. The average molecular weight is 828 g/mol. The van der Waals surface area contributed by atoms with Crippen LogP contribution in [0.3, 0.4) is 0 Å². The summed E-state index contributed by atoms with van der Waals surface area (Å²) in [6.07, 6.45) is 0. The van der Waals surface area contributed by atoms with E-state index in [4.69, 9.17) is 19.4 Å². The normalized spacial score (nSPS) is 11.7. The van der Waals surface area contributed by atoms with E-state index in [1.54, 1.807) is 0 Å². The first kappa shape index (κ1) is 36.9. The van der Waals surface area contributed by atoms with E-state index in [0.717, 1.165) is 66.1 Å². The van der Waals surface area contributed by atoms with Crippen molar-refractivity contribution < 1.29 is 4.42 Å². The van der Waals surface area contributed by atoms with E-state index in [-0.39, 0.29) is 0 Å². The van der Waals surface area contributed by atoms with Crippen molar-refractivity contribution in [1.29, 1.82) is 0 Å². The predicted molar refractivity (Wildman–Crippen MR) is 270 cm³/mol. The Hall–Kier alpha value is -8.73. The summed E-state index contributed by atoms with van der Waals surface area (Å²) >= 11 is 0. The van der Waals surface area contributed by atoms with Gasteiger partial charge < -0.3 is 4.42 Å². The van der Waals surface area contributed by atoms with E-state index in [1.165, 1.54) is 49.0 Å². The van der Waals surface area contributed by atoms with Gasteiger partial charge in [-0.15, -0.1) is 0 Å². The summed E-state index contributed by atoms with van der Waals surface area (Å²) in [5.41, 5.74) is 11.3. The van der Waals surface area contributed by atoms with Crippen LogP contribution in [0.4, 0.5) is 0 Å². The van der Waals surface area contributed by atoms with Gasteiger partial charge in [-0.2, -0.15) is 0 Å². The van der Waals surface area contributed by atoms with Gasteiger partial charge in [0.25, 0.3) is 0 Å². The van der Waals surface area contributed by atoms with Crippen LogP contribution in [-0.2, 0) is 0 Å². The van der Waals surface area contributed by atoms with Crippen molar-refractivity contribution in [2.45, 2.75) is 0 Å². The van der Waals surface area contributed by atoms with Gasteiger partial charge in [0.1, 0.15) is 11.2 Å². The smallest absolute Gasteiger partial charge is 0.167 e. The van der Waals surface area contributed by atoms with Crippen LogP contribution in [0.2, 0.25) is 0 Å². The zero-order valence-electron chi connectivity index (χ0n) is 35.1. The summed E-state index contributed by atoms with van der Waals surface area (Å²) in [4.78, 5) is 15.8. The lowest BCUT2D eigenvalue weighted by atomic mass is 9.83. The van der Waals surface area contributed by atoms with Gasteiger partial charge in [-0.05, 0) is 94.7 Å². The van der Waals surface area contributed by atoms with Gasteiger partial charge in [0, 0.05) is 21.9 Å². The average Bonchev–Trinajstić information content (AvgIpc) is 3.77. The van der Waals surface area contributed by atoms with Crippen LogP contribution >= 0.6 is 0 Å². The monoisotopic (exact) mass is 827 g/mol. The largest absolute Gasteiger partial charge is 0.455 e. The number of nitrogens with zero attached hydrogens (tertiary/aromatic N) is 3. The summed E-state index contributed by atoms with van der Waals surface area (Å²) in [6, 6.07) is 79.5. The standard InChI is InChI=1S/C61H37N3O/c1-2-16-38(17-3-1)39-32-34-41(35-33-39)59-62-60(64-61(63-59)54-30-15-29-52-45-23-12-13-31-55(45)65-58(52)54)53-37-36-51(43-21-6-7-22-44(43)53)57-49-26-10-8-24-47(49)56(48-25-9-11-27-50(48)57)46-28-14-19-40-18-4-5-20-42(40)46/h1-37H. The quantitative estimate of drug-likeness (QED) is 0.157. The van der Waals surface area contributed by atoms with Crippen molar-refractivity contribution >= 4 is 65.0 Å². The van der Waals surface area contributed by atoms with Crippen molar-refractivity contribution in [2.75, 3.05) is 0 Å². The first-order valence-electron chi connectivity index (χ1n) is 22.0. The Balaban J connectivity index is 1.04. The minimum Gasteiger partial charge on any atom is -0.455 e. The summed E-state index contributed by atoms with van der Waals surface area (Å²) in [5.74, 6) is 1.73. The van der Waals surface area contributed by atoms with Crippen LogP contribution in [0.5, 0.6) is 0 Å². The molecular weight excluding hydrogens is 791 g/mol. The molecule has 0 N–H and O–H groups in total. The molecule has 65 heavy (non-hydrogen) atoms. The highest BCUT2D eigenvalue weighted by molar-refractivity contribution is 6.25. The Morgan fingerprint density at radius 1 is 0.246 bits per heavy atom. The summed E-state index contributed by atoms with van der Waals surface area (Å²) in [7, 11) is 0. The lowest BCUT2D eigenvalue weighted by Gasteiger charge is -2.20. The third-order valence-electron chi connectivity index (χ3n) is 13.0. The van der Waals surface area contributed by atoms with Gasteiger partial charge in [0.2, 0.25) is 0 Å². The number of furan rings is 1. The first-order chi connectivity index (χ1) is 32.2. The Morgan fingerprint density at radius 2 is 0.677 bits per heavy atom. The minimum absolute atomic E-state index is 0.552. The minimum atomic E-state index is 0.552. The number of benzene rings is 11. The highest BCUT2D eigenvalue weighted by Gasteiger charge is 2.22. The molecule has 0 saturated heterocycles. The maximum absolute atomic E-state index is 6.56. The highest BCUT2D eigenvalue weighted by Crippen LogP contribution is 2.47. The molecule has 0 radical (unpaired) electrons. The Labute approximate surface area is 374 Å². The zero-order chi connectivity index (χ0) is 42.8. The molecule has 4 nitrogen and oxygen atoms in total. The molecule has 0 fully saturated rings. The summed E-state index contributed by atoms with van der Waals surface area (Å²) in [5, 5.41) is 11.6. The van der Waals surface area contributed by atoms with Gasteiger partial charge in [0.15, 0.2) is 17.5 Å². The fourth-order valence-electron chi connectivity index (χ4n) is 9.98. The molecule has 2 aromatic heterocycles. The second-order valence-electron chi connectivity index (χ2n) is 16.6. The molecule has 11 aromatic carbocycles. The van der Waals surface area contributed by atoms with E-state index >= 15 is 0 Å². The number of hydrogen-bond acceptors (Lipinski definition) is 4. The van der Waals surface area contributed by atoms with Crippen LogP contribution in [-0.4, -0.2) is 15.0 Å². The molecule has 302 valence electrons. The van der Waals surface area contributed by atoms with E-state index in [2.05, 4.69) is 194 Å². The van der Waals surface area contributed by atoms with Crippen molar-refractivity contribution in [2.24, 2.45) is 0 Å². The maximum Gasteiger partial charge on any atom is 0.167 e. The van der Waals surface area contributed by atoms with E-state index in [0.29, 0.717) is 17.5 Å². The topological polar surface area (TPSA) is 51.8 Å². The molecule has 13 rings (SSSR count). The predicted octanol–water partition coefficient (Wildman–Crippen LogP) is 16.4. The summed E-state index contributed by atoms with van der Waals surface area (Å²) in [6.45, 7) is 0. The molecule has 0 aliphatic carbocycles. The van der Waals surface area contributed by atoms with Gasteiger partial charge >= 0.3 is 0 Å². The Kier molecular flexibility index (Phi) is 8.50. The molecule has 0 amide bonds. The Bertz CT molecular complexity index is 3940. The van der Waals surface area contributed by atoms with E-state index in [1.807, 2.05) is 30.3 Å². The molecule has 4 heteroatoms. The van der Waals surface area contributed by atoms with Crippen molar-refractivity contribution in [3.05, 3.63) is 224 Å². The summed E-state index contributed by atoms with van der Waals surface area (Å²) < 4.78 is 6.56. The van der Waals surface area contributed by atoms with Gasteiger partial charge in [-0.3, -0.25) is 0 Å². The SMILES string of the molecule is c1ccc(-c2ccc(-c3nc(-c4ccc(-c5c6ccccc6c(-c6cccc7ccccc67)c6ccccc56)c5ccccc45)nc(-c4cccc5c4oc4ccccc45)n3)cc2)cc1. The fourth-order valence-corrected chi connectivity index (χ4v) is 9.98. The first-order valence-corrected chi connectivity index (χ1v) is 22.0. The van der Waals surface area contributed by atoms with Crippen molar-refractivity contribution in [3.8, 4) is 67.5 Å². The number of para-hydroxylation sites is 2. The fraction of sp³-hybridized carbons (Fsp3) is 0. The maximum atomic E-state index is 6.56. The van der Waals surface area contributed by atoms with Crippen LogP contribution in [0.1, 0.15) is 0 Å². The van der Waals surface area contributed by atoms with Crippen LogP contribution in [0, 0.1) is 0 Å². The molecule has 2 heterocycles. The molecule has 0 aliphatic rings. The molecule has 0 aliphatic heterocycles. The lowest BCUT2D eigenvalue weighted by molar-refractivity contribution is 0.669. The van der Waals surface area contributed by atoms with E-state index in [9.17, 15) is 0 Å². The number of rotatable bonds is 6. The molecule has 0 unspecified atom stereocenters. The van der Waals surface area contributed by atoms with Gasteiger partial charge in [-0.25, -0.2) is 15.0 Å². The number of fused-ring (bicyclic) bond motifs is 7. The second kappa shape index (κ2) is 15.0. The molecular formula is C61H37N3O. The number of aromatic nitrogens is 3. The van der Waals surface area contributed by atoms with Gasteiger partial charge in [-0.1, -0.05) is 206 Å². The van der Waals surface area contributed by atoms with Crippen molar-refractivity contribution in [1.82, 2.24) is 15.0 Å². The molecule has 13 aromatic rings. The van der Waals surface area contributed by atoms with Crippen LogP contribution < -0.4 is 0 Å². The third kappa shape index (κ3) is 6.03. The molecule has 0 saturated carbocycles. The van der Waals surface area contributed by atoms with Crippen LogP contribution in [0.25, 0.3) is 133 Å². The highest BCUT2D eigenvalue weighted by atomic mass is 16.3. The molecule has 0 spiro atoms. The molecule has 0 bridgehead atoms. The Morgan fingerprint density at radius 3 is 1.37 bits per heavy atom. The van der Waals surface area contributed by atoms with Crippen LogP contribution in [0.15, 0.2) is 229 Å². The second-order valence-corrected chi connectivity index (χ2v) is 16.6. The zero-order valence-corrected chi connectivity index (χ0v) is 35.1. The van der Waals surface area contributed by atoms with Gasteiger partial charge in [0.05, 0.1) is 5.56 Å².